The SMILES string of the molecule is CC1(C)c2cccc3c2-c2c(cccc21)-c1ccc(-c2ccc(-c4nc(-c5ccccc5)nc(-c5ccccc5)n4)cc2)c2cccc-3c12. The minimum Gasteiger partial charge on any atom is -0.208 e. The quantitative estimate of drug-likeness (QED) is 0.195. The summed E-state index contributed by atoms with van der Waals surface area (Å²) >= 11 is 0. The summed E-state index contributed by atoms with van der Waals surface area (Å²) in [6.45, 7) is 4.73. The molecule has 0 aliphatic heterocycles. The molecule has 0 N–H and O–H groups in total. The van der Waals surface area contributed by atoms with Gasteiger partial charge in [-0.3, -0.25) is 0 Å². The molecule has 7 aromatic carbocycles. The summed E-state index contributed by atoms with van der Waals surface area (Å²) in [4.78, 5) is 14.8. The second-order valence-electron chi connectivity index (χ2n) is 13.6. The lowest BCUT2D eigenvalue weighted by atomic mass is 9.80. The fourth-order valence-electron chi connectivity index (χ4n) is 8.12. The number of hydrogen-bond acceptors (Lipinski definition) is 3. The van der Waals surface area contributed by atoms with Crippen molar-refractivity contribution in [3.05, 3.63) is 163 Å². The number of benzene rings is 7. The van der Waals surface area contributed by atoms with Gasteiger partial charge in [0, 0.05) is 22.1 Å². The summed E-state index contributed by atoms with van der Waals surface area (Å²) in [5.74, 6) is 1.98. The zero-order chi connectivity index (χ0) is 32.7. The van der Waals surface area contributed by atoms with Gasteiger partial charge in [0.15, 0.2) is 17.5 Å². The Kier molecular flexibility index (Phi) is 5.92. The van der Waals surface area contributed by atoms with E-state index in [4.69, 9.17) is 15.0 Å². The molecule has 0 spiro atoms. The zero-order valence-electron chi connectivity index (χ0n) is 27.3. The molecule has 2 aliphatic rings. The van der Waals surface area contributed by atoms with Crippen molar-refractivity contribution in [1.82, 2.24) is 15.0 Å². The summed E-state index contributed by atoms with van der Waals surface area (Å²) < 4.78 is 0. The van der Waals surface area contributed by atoms with Gasteiger partial charge in [-0.2, -0.15) is 0 Å². The first-order valence-electron chi connectivity index (χ1n) is 16.9. The Labute approximate surface area is 285 Å². The molecule has 49 heavy (non-hydrogen) atoms. The van der Waals surface area contributed by atoms with Crippen LogP contribution in [-0.4, -0.2) is 15.0 Å². The van der Waals surface area contributed by atoms with Crippen LogP contribution in [0.2, 0.25) is 0 Å². The van der Waals surface area contributed by atoms with Crippen LogP contribution in [0, 0.1) is 0 Å². The molecule has 0 radical (unpaired) electrons. The van der Waals surface area contributed by atoms with Crippen LogP contribution >= 0.6 is 0 Å². The third-order valence-electron chi connectivity index (χ3n) is 10.5. The molecule has 0 saturated carbocycles. The zero-order valence-corrected chi connectivity index (χ0v) is 27.3. The molecule has 0 unspecified atom stereocenters. The van der Waals surface area contributed by atoms with Gasteiger partial charge in [-0.1, -0.05) is 166 Å². The summed E-state index contributed by atoms with van der Waals surface area (Å²) in [5.41, 5.74) is 16.1. The minimum absolute atomic E-state index is 0.0357. The summed E-state index contributed by atoms with van der Waals surface area (Å²) in [6.07, 6.45) is 0. The Morgan fingerprint density at radius 3 is 1.33 bits per heavy atom. The van der Waals surface area contributed by atoms with Crippen LogP contribution in [-0.2, 0) is 5.41 Å². The Balaban J connectivity index is 1.13. The molecule has 3 nitrogen and oxygen atoms in total. The van der Waals surface area contributed by atoms with E-state index in [0.29, 0.717) is 17.5 Å². The van der Waals surface area contributed by atoms with E-state index in [1.807, 2.05) is 60.7 Å². The van der Waals surface area contributed by atoms with E-state index in [9.17, 15) is 0 Å². The maximum absolute atomic E-state index is 4.95. The molecule has 0 atom stereocenters. The molecule has 8 aromatic rings. The topological polar surface area (TPSA) is 38.7 Å². The lowest BCUT2D eigenvalue weighted by molar-refractivity contribution is 0.660. The maximum Gasteiger partial charge on any atom is 0.164 e. The molecule has 230 valence electrons. The largest absolute Gasteiger partial charge is 0.208 e. The first-order valence-corrected chi connectivity index (χ1v) is 16.9. The molecule has 0 fully saturated rings. The van der Waals surface area contributed by atoms with Crippen LogP contribution in [0.15, 0.2) is 152 Å². The third kappa shape index (κ3) is 4.12. The van der Waals surface area contributed by atoms with Crippen LogP contribution in [0.1, 0.15) is 25.0 Å². The number of fused-ring (bicyclic) bond motifs is 2. The standard InChI is InChI=1S/C46H31N3/c1-46(2)38-20-10-18-35-34-17-9-16-33-32(26-27-37(40(33)34)36-19-11-21-39(46)42(36)41(35)38)28-22-24-31(25-23-28)45-48-43(29-12-5-3-6-13-29)47-44(49-45)30-14-7-4-8-15-30/h3-27H,1-2H3. The Morgan fingerprint density at radius 1 is 0.347 bits per heavy atom. The average molecular weight is 626 g/mol. The summed E-state index contributed by atoms with van der Waals surface area (Å²) in [6, 6.07) is 54.1. The summed E-state index contributed by atoms with van der Waals surface area (Å²) in [5, 5.41) is 2.57. The van der Waals surface area contributed by atoms with Crippen molar-refractivity contribution >= 4 is 10.8 Å². The highest BCUT2D eigenvalue weighted by molar-refractivity contribution is 6.18. The van der Waals surface area contributed by atoms with Gasteiger partial charge in [0.1, 0.15) is 0 Å². The van der Waals surface area contributed by atoms with E-state index >= 15 is 0 Å². The third-order valence-corrected chi connectivity index (χ3v) is 10.5. The van der Waals surface area contributed by atoms with E-state index in [1.54, 1.807) is 0 Å². The van der Waals surface area contributed by atoms with E-state index in [2.05, 4.69) is 105 Å². The lowest BCUT2D eigenvalue weighted by Crippen LogP contribution is -2.15. The number of aromatic nitrogens is 3. The number of rotatable bonds is 4. The van der Waals surface area contributed by atoms with Crippen LogP contribution in [0.25, 0.3) is 89.4 Å². The minimum atomic E-state index is -0.0357. The average Bonchev–Trinajstić information content (AvgIpc) is 3.33. The molecule has 1 heterocycles. The molecule has 0 amide bonds. The van der Waals surface area contributed by atoms with Crippen LogP contribution in [0.4, 0.5) is 0 Å². The van der Waals surface area contributed by atoms with Gasteiger partial charge in [0.25, 0.3) is 0 Å². The normalized spacial score (nSPS) is 13.3. The van der Waals surface area contributed by atoms with Crippen LogP contribution in [0.5, 0.6) is 0 Å². The Bertz CT molecular complexity index is 2480. The van der Waals surface area contributed by atoms with Gasteiger partial charge >= 0.3 is 0 Å². The number of nitrogens with zero attached hydrogens (tertiary/aromatic N) is 3. The van der Waals surface area contributed by atoms with Gasteiger partial charge in [0.05, 0.1) is 0 Å². The summed E-state index contributed by atoms with van der Waals surface area (Å²) in [7, 11) is 0. The molecule has 10 rings (SSSR count). The van der Waals surface area contributed by atoms with Crippen molar-refractivity contribution in [2.75, 3.05) is 0 Å². The van der Waals surface area contributed by atoms with Gasteiger partial charge in [-0.25, -0.2) is 15.0 Å². The van der Waals surface area contributed by atoms with Gasteiger partial charge in [-0.05, 0) is 66.4 Å². The highest BCUT2D eigenvalue weighted by Crippen LogP contribution is 2.58. The molecular weight excluding hydrogens is 595 g/mol. The van der Waals surface area contributed by atoms with Gasteiger partial charge < -0.3 is 0 Å². The van der Waals surface area contributed by atoms with E-state index < -0.39 is 0 Å². The first-order chi connectivity index (χ1) is 24.1. The lowest BCUT2D eigenvalue weighted by Gasteiger charge is -2.23. The molecule has 0 bridgehead atoms. The predicted octanol–water partition coefficient (Wildman–Crippen LogP) is 11.6. The van der Waals surface area contributed by atoms with Gasteiger partial charge in [-0.15, -0.1) is 0 Å². The molecule has 0 saturated heterocycles. The van der Waals surface area contributed by atoms with Crippen molar-refractivity contribution in [2.24, 2.45) is 0 Å². The molecule has 2 aliphatic carbocycles. The van der Waals surface area contributed by atoms with E-state index in [0.717, 1.165) is 22.3 Å². The first kappa shape index (κ1) is 27.9. The molecule has 1 aromatic heterocycles. The van der Waals surface area contributed by atoms with Crippen molar-refractivity contribution < 1.29 is 0 Å². The number of hydrogen-bond donors (Lipinski definition) is 0. The Morgan fingerprint density at radius 2 is 0.776 bits per heavy atom. The van der Waals surface area contributed by atoms with E-state index in [1.165, 1.54) is 60.8 Å². The second-order valence-corrected chi connectivity index (χ2v) is 13.6. The maximum atomic E-state index is 4.95. The predicted molar refractivity (Wildman–Crippen MR) is 201 cm³/mol. The van der Waals surface area contributed by atoms with Crippen molar-refractivity contribution in [3.63, 3.8) is 0 Å². The highest BCUT2D eigenvalue weighted by Gasteiger charge is 2.39. The Hall–Kier alpha value is -6.19. The molecular formula is C46H31N3. The van der Waals surface area contributed by atoms with Gasteiger partial charge in [0.2, 0.25) is 0 Å². The highest BCUT2D eigenvalue weighted by atomic mass is 15.0. The molecule has 3 heteroatoms. The smallest absolute Gasteiger partial charge is 0.164 e. The fraction of sp³-hybridized carbons (Fsp3) is 0.0652. The monoisotopic (exact) mass is 625 g/mol. The van der Waals surface area contributed by atoms with Crippen LogP contribution < -0.4 is 0 Å². The van der Waals surface area contributed by atoms with E-state index in [-0.39, 0.29) is 5.41 Å². The van der Waals surface area contributed by atoms with Crippen molar-refractivity contribution in [3.8, 4) is 78.7 Å². The van der Waals surface area contributed by atoms with Crippen LogP contribution in [0.3, 0.4) is 0 Å². The fourth-order valence-corrected chi connectivity index (χ4v) is 8.12. The van der Waals surface area contributed by atoms with Crippen molar-refractivity contribution in [2.45, 2.75) is 19.3 Å². The second kappa shape index (κ2) is 10.4. The van der Waals surface area contributed by atoms with Crippen molar-refractivity contribution in [1.29, 1.82) is 0 Å².